The molecule has 2 aromatic heterocycles. The van der Waals surface area contributed by atoms with E-state index in [-0.39, 0.29) is 0 Å². The zero-order valence-corrected chi connectivity index (χ0v) is 13.0. The van der Waals surface area contributed by atoms with Crippen LogP contribution in [0.5, 0.6) is 5.75 Å². The molecule has 0 fully saturated rings. The SMILES string of the molecule is CNCc1cc(COc2c(C)nn(C)c2C)c(C)s1. The predicted octanol–water partition coefficient (Wildman–Crippen LogP) is 2.71. The molecule has 5 heteroatoms. The molecule has 0 aliphatic carbocycles. The molecule has 0 atom stereocenters. The molecule has 19 heavy (non-hydrogen) atoms. The Bertz CT molecular complexity index is 571. The Balaban J connectivity index is 2.10. The number of aromatic nitrogens is 2. The molecule has 2 rings (SSSR count). The highest BCUT2D eigenvalue weighted by atomic mass is 32.1. The molecule has 1 N–H and O–H groups in total. The highest BCUT2D eigenvalue weighted by Crippen LogP contribution is 2.26. The average molecular weight is 279 g/mol. The zero-order valence-electron chi connectivity index (χ0n) is 12.2. The second-order valence-electron chi connectivity index (χ2n) is 4.74. The molecular weight excluding hydrogens is 258 g/mol. The van der Waals surface area contributed by atoms with Gasteiger partial charge in [0.2, 0.25) is 0 Å². The van der Waals surface area contributed by atoms with E-state index in [2.05, 4.69) is 23.4 Å². The topological polar surface area (TPSA) is 39.1 Å². The van der Waals surface area contributed by atoms with Crippen molar-refractivity contribution in [3.63, 3.8) is 0 Å². The molecule has 2 aromatic rings. The van der Waals surface area contributed by atoms with Gasteiger partial charge in [-0.1, -0.05) is 0 Å². The van der Waals surface area contributed by atoms with Crippen molar-refractivity contribution in [3.8, 4) is 5.75 Å². The van der Waals surface area contributed by atoms with Crippen LogP contribution in [0.4, 0.5) is 0 Å². The van der Waals surface area contributed by atoms with E-state index in [4.69, 9.17) is 4.74 Å². The normalized spacial score (nSPS) is 11.0. The van der Waals surface area contributed by atoms with Crippen LogP contribution in [-0.2, 0) is 20.2 Å². The van der Waals surface area contributed by atoms with Crippen LogP contribution in [0.1, 0.15) is 26.7 Å². The molecule has 0 spiro atoms. The van der Waals surface area contributed by atoms with Crippen molar-refractivity contribution in [2.45, 2.75) is 33.9 Å². The molecule has 104 valence electrons. The van der Waals surface area contributed by atoms with Crippen molar-refractivity contribution in [3.05, 3.63) is 32.8 Å². The Hall–Kier alpha value is -1.33. The van der Waals surface area contributed by atoms with Gasteiger partial charge in [-0.2, -0.15) is 5.10 Å². The van der Waals surface area contributed by atoms with Gasteiger partial charge < -0.3 is 10.1 Å². The molecule has 0 saturated carbocycles. The molecule has 0 bridgehead atoms. The van der Waals surface area contributed by atoms with E-state index in [1.165, 1.54) is 15.3 Å². The standard InChI is InChI=1S/C14H21N3OS/c1-9-14(10(2)17(5)16-9)18-8-12-6-13(7-15-4)19-11(12)3/h6,15H,7-8H2,1-5H3. The molecule has 0 aromatic carbocycles. The zero-order chi connectivity index (χ0) is 14.0. The number of ether oxygens (including phenoxy) is 1. The van der Waals surface area contributed by atoms with Gasteiger partial charge in [0.15, 0.2) is 5.75 Å². The van der Waals surface area contributed by atoms with Gasteiger partial charge in [0.1, 0.15) is 12.3 Å². The molecular formula is C14H21N3OS. The molecule has 4 nitrogen and oxygen atoms in total. The van der Waals surface area contributed by atoms with Crippen molar-refractivity contribution in [1.29, 1.82) is 0 Å². The maximum Gasteiger partial charge on any atom is 0.163 e. The van der Waals surface area contributed by atoms with Crippen LogP contribution in [0.2, 0.25) is 0 Å². The monoisotopic (exact) mass is 279 g/mol. The summed E-state index contributed by atoms with van der Waals surface area (Å²) in [6.45, 7) is 7.68. The van der Waals surface area contributed by atoms with Crippen LogP contribution in [0.15, 0.2) is 6.07 Å². The van der Waals surface area contributed by atoms with Crippen LogP contribution in [-0.4, -0.2) is 16.8 Å². The minimum atomic E-state index is 0.611. The Kier molecular flexibility index (Phi) is 4.27. The number of rotatable bonds is 5. The number of hydrogen-bond acceptors (Lipinski definition) is 4. The second-order valence-corrected chi connectivity index (χ2v) is 6.08. The molecule has 0 radical (unpaired) electrons. The van der Waals surface area contributed by atoms with E-state index in [0.717, 1.165) is 23.7 Å². The number of hydrogen-bond donors (Lipinski definition) is 1. The first-order valence-corrected chi connectivity index (χ1v) is 7.20. The molecule has 2 heterocycles. The smallest absolute Gasteiger partial charge is 0.163 e. The number of nitrogens with zero attached hydrogens (tertiary/aromatic N) is 2. The predicted molar refractivity (Wildman–Crippen MR) is 78.8 cm³/mol. The quantitative estimate of drug-likeness (QED) is 0.914. The third kappa shape index (κ3) is 2.98. The number of aryl methyl sites for hydroxylation is 3. The summed E-state index contributed by atoms with van der Waals surface area (Å²) in [5, 5.41) is 7.54. The Morgan fingerprint density at radius 1 is 1.37 bits per heavy atom. The van der Waals surface area contributed by atoms with E-state index < -0.39 is 0 Å². The maximum absolute atomic E-state index is 5.95. The summed E-state index contributed by atoms with van der Waals surface area (Å²) < 4.78 is 7.81. The van der Waals surface area contributed by atoms with Gasteiger partial charge in [-0.15, -0.1) is 11.3 Å². The van der Waals surface area contributed by atoms with E-state index >= 15 is 0 Å². The summed E-state index contributed by atoms with van der Waals surface area (Å²) in [6.07, 6.45) is 0. The lowest BCUT2D eigenvalue weighted by Gasteiger charge is -2.06. The van der Waals surface area contributed by atoms with Gasteiger partial charge in [-0.25, -0.2) is 0 Å². The first-order valence-electron chi connectivity index (χ1n) is 6.38. The highest BCUT2D eigenvalue weighted by molar-refractivity contribution is 7.12. The van der Waals surface area contributed by atoms with E-state index in [1.807, 2.05) is 44.0 Å². The third-order valence-electron chi connectivity index (χ3n) is 3.24. The van der Waals surface area contributed by atoms with Gasteiger partial charge in [0.25, 0.3) is 0 Å². The molecule has 0 saturated heterocycles. The third-order valence-corrected chi connectivity index (χ3v) is 4.33. The van der Waals surface area contributed by atoms with Crippen LogP contribution < -0.4 is 10.1 Å². The minimum absolute atomic E-state index is 0.611. The average Bonchev–Trinajstić information content (AvgIpc) is 2.80. The number of thiophene rings is 1. The summed E-state index contributed by atoms with van der Waals surface area (Å²) >= 11 is 1.82. The van der Waals surface area contributed by atoms with Crippen LogP contribution in [0, 0.1) is 20.8 Å². The molecule has 0 aliphatic heterocycles. The molecule has 0 aliphatic rings. The lowest BCUT2D eigenvalue weighted by atomic mass is 10.2. The minimum Gasteiger partial charge on any atom is -0.485 e. The van der Waals surface area contributed by atoms with Gasteiger partial charge in [0.05, 0.1) is 5.69 Å². The van der Waals surface area contributed by atoms with Crippen molar-refractivity contribution in [2.24, 2.45) is 7.05 Å². The van der Waals surface area contributed by atoms with E-state index in [9.17, 15) is 0 Å². The summed E-state index contributed by atoms with van der Waals surface area (Å²) in [5.74, 6) is 0.906. The summed E-state index contributed by atoms with van der Waals surface area (Å²) in [4.78, 5) is 2.67. The first-order chi connectivity index (χ1) is 9.02. The van der Waals surface area contributed by atoms with Gasteiger partial charge >= 0.3 is 0 Å². The van der Waals surface area contributed by atoms with Crippen molar-refractivity contribution < 1.29 is 4.74 Å². The molecule has 0 unspecified atom stereocenters. The Morgan fingerprint density at radius 2 is 2.11 bits per heavy atom. The first kappa shape index (κ1) is 14.1. The van der Waals surface area contributed by atoms with Crippen molar-refractivity contribution in [2.75, 3.05) is 7.05 Å². The van der Waals surface area contributed by atoms with Gasteiger partial charge in [-0.05, 0) is 33.9 Å². The highest BCUT2D eigenvalue weighted by Gasteiger charge is 2.12. The Labute approximate surface area is 118 Å². The summed E-state index contributed by atoms with van der Waals surface area (Å²) in [7, 11) is 3.91. The van der Waals surface area contributed by atoms with E-state index in [1.54, 1.807) is 0 Å². The second kappa shape index (κ2) is 5.75. The fourth-order valence-corrected chi connectivity index (χ4v) is 3.17. The van der Waals surface area contributed by atoms with Crippen LogP contribution in [0.25, 0.3) is 0 Å². The fraction of sp³-hybridized carbons (Fsp3) is 0.500. The molecule has 0 amide bonds. The van der Waals surface area contributed by atoms with Gasteiger partial charge in [0, 0.05) is 28.9 Å². The van der Waals surface area contributed by atoms with Gasteiger partial charge in [-0.3, -0.25) is 4.68 Å². The Morgan fingerprint density at radius 3 is 2.68 bits per heavy atom. The van der Waals surface area contributed by atoms with Crippen LogP contribution >= 0.6 is 11.3 Å². The fourth-order valence-electron chi connectivity index (χ4n) is 2.11. The largest absolute Gasteiger partial charge is 0.485 e. The number of nitrogens with one attached hydrogen (secondary N) is 1. The van der Waals surface area contributed by atoms with Crippen molar-refractivity contribution >= 4 is 11.3 Å². The summed E-state index contributed by atoms with van der Waals surface area (Å²) in [6, 6.07) is 2.22. The maximum atomic E-state index is 5.95. The summed E-state index contributed by atoms with van der Waals surface area (Å²) in [5.41, 5.74) is 3.28. The van der Waals surface area contributed by atoms with Crippen molar-refractivity contribution in [1.82, 2.24) is 15.1 Å². The lowest BCUT2D eigenvalue weighted by Crippen LogP contribution is -2.03. The lowest BCUT2D eigenvalue weighted by molar-refractivity contribution is 0.301. The van der Waals surface area contributed by atoms with Crippen LogP contribution in [0.3, 0.4) is 0 Å². The van der Waals surface area contributed by atoms with E-state index in [0.29, 0.717) is 6.61 Å².